The summed E-state index contributed by atoms with van der Waals surface area (Å²) >= 11 is 0. The van der Waals surface area contributed by atoms with Gasteiger partial charge in [0.1, 0.15) is 0 Å². The monoisotopic (exact) mass is 291 g/mol. The molecule has 0 aliphatic rings. The Hall–Kier alpha value is -2.04. The molecule has 21 heavy (non-hydrogen) atoms. The molecule has 3 amide bonds. The summed E-state index contributed by atoms with van der Waals surface area (Å²) in [5.41, 5.74) is 9.79. The van der Waals surface area contributed by atoms with Crippen molar-refractivity contribution in [3.63, 3.8) is 0 Å². The van der Waals surface area contributed by atoms with Crippen LogP contribution in [0.3, 0.4) is 0 Å². The first-order valence-electron chi connectivity index (χ1n) is 7.27. The van der Waals surface area contributed by atoms with Crippen LogP contribution in [0, 0.1) is 20.8 Å². The zero-order valence-corrected chi connectivity index (χ0v) is 13.1. The van der Waals surface area contributed by atoms with Gasteiger partial charge in [-0.2, -0.15) is 0 Å². The van der Waals surface area contributed by atoms with Crippen molar-refractivity contribution in [1.29, 1.82) is 0 Å². The Balaban J connectivity index is 2.32. The third-order valence-corrected chi connectivity index (χ3v) is 3.43. The minimum atomic E-state index is -0.523. The van der Waals surface area contributed by atoms with Crippen LogP contribution in [0.15, 0.2) is 12.1 Å². The summed E-state index contributed by atoms with van der Waals surface area (Å²) in [4.78, 5) is 22.3. The molecule has 0 heterocycles. The molecule has 1 aromatic rings. The van der Waals surface area contributed by atoms with Gasteiger partial charge in [0.05, 0.1) is 0 Å². The summed E-state index contributed by atoms with van der Waals surface area (Å²) in [5, 5.41) is 5.45. The number of carbonyl (C=O) groups is 2. The molecule has 0 aliphatic carbocycles. The van der Waals surface area contributed by atoms with E-state index in [9.17, 15) is 9.59 Å². The summed E-state index contributed by atoms with van der Waals surface area (Å²) in [6.07, 6.45) is 1.95. The lowest BCUT2D eigenvalue weighted by Gasteiger charge is -2.12. The first-order valence-corrected chi connectivity index (χ1v) is 7.27. The van der Waals surface area contributed by atoms with Crippen molar-refractivity contribution in [2.45, 2.75) is 46.6 Å². The van der Waals surface area contributed by atoms with E-state index in [0.29, 0.717) is 19.5 Å². The van der Waals surface area contributed by atoms with Crippen LogP contribution in [-0.2, 0) is 11.3 Å². The van der Waals surface area contributed by atoms with Crippen molar-refractivity contribution in [1.82, 2.24) is 10.6 Å². The molecular weight excluding hydrogens is 266 g/mol. The highest BCUT2D eigenvalue weighted by Crippen LogP contribution is 2.16. The summed E-state index contributed by atoms with van der Waals surface area (Å²) in [6, 6.07) is 3.73. The van der Waals surface area contributed by atoms with Crippen LogP contribution in [-0.4, -0.2) is 18.5 Å². The molecular formula is C16H25N3O2. The molecule has 0 bridgehead atoms. The zero-order valence-electron chi connectivity index (χ0n) is 13.1. The third kappa shape index (κ3) is 6.29. The fourth-order valence-corrected chi connectivity index (χ4v) is 2.39. The van der Waals surface area contributed by atoms with Gasteiger partial charge in [0, 0.05) is 19.5 Å². The van der Waals surface area contributed by atoms with Gasteiger partial charge in [0.2, 0.25) is 5.91 Å². The van der Waals surface area contributed by atoms with Crippen LogP contribution in [0.4, 0.5) is 4.79 Å². The third-order valence-electron chi connectivity index (χ3n) is 3.43. The normalized spacial score (nSPS) is 10.2. The summed E-state index contributed by atoms with van der Waals surface area (Å²) in [6.45, 7) is 7.28. The van der Waals surface area contributed by atoms with E-state index in [2.05, 4.69) is 43.5 Å². The van der Waals surface area contributed by atoms with E-state index < -0.39 is 6.03 Å². The molecule has 0 spiro atoms. The molecule has 0 saturated heterocycles. The molecule has 5 nitrogen and oxygen atoms in total. The Kier molecular flexibility index (Phi) is 6.72. The van der Waals surface area contributed by atoms with E-state index in [-0.39, 0.29) is 5.91 Å². The number of urea groups is 1. The van der Waals surface area contributed by atoms with E-state index in [1.54, 1.807) is 0 Å². The zero-order chi connectivity index (χ0) is 15.8. The van der Waals surface area contributed by atoms with Crippen LogP contribution in [0.5, 0.6) is 0 Å². The minimum absolute atomic E-state index is 0.0356. The number of carbonyl (C=O) groups excluding carboxylic acids is 2. The summed E-state index contributed by atoms with van der Waals surface area (Å²) in [5.74, 6) is 0.0356. The SMILES string of the molecule is Cc1cc(C)c(CNC(=O)CCCCNC(N)=O)c(C)c1. The van der Waals surface area contributed by atoms with E-state index in [4.69, 9.17) is 5.73 Å². The molecule has 0 aliphatic heterocycles. The van der Waals surface area contributed by atoms with Crippen molar-refractivity contribution >= 4 is 11.9 Å². The summed E-state index contributed by atoms with van der Waals surface area (Å²) < 4.78 is 0. The smallest absolute Gasteiger partial charge is 0.312 e. The highest BCUT2D eigenvalue weighted by Gasteiger charge is 2.06. The molecule has 0 atom stereocenters. The molecule has 1 rings (SSSR count). The van der Waals surface area contributed by atoms with Gasteiger partial charge in [-0.05, 0) is 50.3 Å². The lowest BCUT2D eigenvalue weighted by molar-refractivity contribution is -0.121. The van der Waals surface area contributed by atoms with Gasteiger partial charge in [0.25, 0.3) is 0 Å². The maximum absolute atomic E-state index is 11.8. The Morgan fingerprint density at radius 2 is 1.67 bits per heavy atom. The van der Waals surface area contributed by atoms with Gasteiger partial charge in [-0.1, -0.05) is 17.7 Å². The second-order valence-corrected chi connectivity index (χ2v) is 5.40. The predicted octanol–water partition coefficient (Wildman–Crippen LogP) is 2.07. The first kappa shape index (κ1) is 17.0. The molecule has 0 fully saturated rings. The van der Waals surface area contributed by atoms with Crippen LogP contribution in [0.25, 0.3) is 0 Å². The van der Waals surface area contributed by atoms with Gasteiger partial charge in [0.15, 0.2) is 0 Å². The maximum atomic E-state index is 11.8. The molecule has 4 N–H and O–H groups in total. The Morgan fingerprint density at radius 3 is 2.24 bits per heavy atom. The number of amides is 3. The van der Waals surface area contributed by atoms with Gasteiger partial charge in [-0.3, -0.25) is 4.79 Å². The fraction of sp³-hybridized carbons (Fsp3) is 0.500. The van der Waals surface area contributed by atoms with Crippen LogP contribution in [0.2, 0.25) is 0 Å². The van der Waals surface area contributed by atoms with Crippen LogP contribution < -0.4 is 16.4 Å². The topological polar surface area (TPSA) is 84.2 Å². The van der Waals surface area contributed by atoms with E-state index >= 15 is 0 Å². The lowest BCUT2D eigenvalue weighted by Crippen LogP contribution is -2.30. The maximum Gasteiger partial charge on any atom is 0.312 e. The number of unbranched alkanes of at least 4 members (excludes halogenated alkanes) is 1. The molecule has 1 aromatic carbocycles. The molecule has 5 heteroatoms. The molecule has 0 unspecified atom stereocenters. The number of hydrogen-bond acceptors (Lipinski definition) is 2. The molecule has 0 radical (unpaired) electrons. The Bertz CT molecular complexity index is 489. The standard InChI is InChI=1S/C16H25N3O2/c1-11-8-12(2)14(13(3)9-11)10-19-15(20)6-4-5-7-18-16(17)21/h8-9H,4-7,10H2,1-3H3,(H,19,20)(H3,17,18,21). The second kappa shape index (κ2) is 8.29. The van der Waals surface area contributed by atoms with Crippen molar-refractivity contribution in [3.8, 4) is 0 Å². The number of nitrogens with two attached hydrogens (primary N) is 1. The number of primary amides is 1. The minimum Gasteiger partial charge on any atom is -0.352 e. The number of rotatable bonds is 7. The van der Waals surface area contributed by atoms with Gasteiger partial charge in [-0.25, -0.2) is 4.79 Å². The van der Waals surface area contributed by atoms with Crippen LogP contribution >= 0.6 is 0 Å². The van der Waals surface area contributed by atoms with Crippen LogP contribution in [0.1, 0.15) is 41.5 Å². The predicted molar refractivity (Wildman–Crippen MR) is 83.9 cm³/mol. The second-order valence-electron chi connectivity index (χ2n) is 5.40. The number of hydrogen-bond donors (Lipinski definition) is 3. The first-order chi connectivity index (χ1) is 9.90. The summed E-state index contributed by atoms with van der Waals surface area (Å²) in [7, 11) is 0. The molecule has 116 valence electrons. The van der Waals surface area contributed by atoms with Crippen molar-refractivity contribution in [2.75, 3.05) is 6.54 Å². The van der Waals surface area contributed by atoms with E-state index in [1.807, 2.05) is 0 Å². The average Bonchev–Trinajstić information content (AvgIpc) is 2.36. The van der Waals surface area contributed by atoms with Crippen molar-refractivity contribution in [3.05, 3.63) is 34.4 Å². The fourth-order valence-electron chi connectivity index (χ4n) is 2.39. The molecule has 0 aromatic heterocycles. The molecule has 0 saturated carbocycles. The lowest BCUT2D eigenvalue weighted by atomic mass is 10.00. The highest BCUT2D eigenvalue weighted by atomic mass is 16.2. The van der Waals surface area contributed by atoms with E-state index in [0.717, 1.165) is 12.8 Å². The number of nitrogens with one attached hydrogen (secondary N) is 2. The Morgan fingerprint density at radius 1 is 1.05 bits per heavy atom. The van der Waals surface area contributed by atoms with Gasteiger partial charge in [-0.15, -0.1) is 0 Å². The van der Waals surface area contributed by atoms with E-state index in [1.165, 1.54) is 22.3 Å². The Labute approximate surface area is 126 Å². The van der Waals surface area contributed by atoms with Crippen molar-refractivity contribution in [2.24, 2.45) is 5.73 Å². The quantitative estimate of drug-likeness (QED) is 0.672. The van der Waals surface area contributed by atoms with Crippen molar-refractivity contribution < 1.29 is 9.59 Å². The largest absolute Gasteiger partial charge is 0.352 e. The van der Waals surface area contributed by atoms with Gasteiger partial charge < -0.3 is 16.4 Å². The average molecular weight is 291 g/mol. The highest BCUT2D eigenvalue weighted by molar-refractivity contribution is 5.76. The number of aryl methyl sites for hydroxylation is 3. The number of benzene rings is 1. The van der Waals surface area contributed by atoms with Gasteiger partial charge >= 0.3 is 6.03 Å².